The molecule has 0 radical (unpaired) electrons. The maximum atomic E-state index is 12.1. The number of carbonyl (C=O) groups excluding carboxylic acids is 1. The molecule has 1 aliphatic carbocycles. The molecule has 0 aromatic carbocycles. The standard InChI is InChI=1S/C17H25NO3/c1-11-7-12(8-14(11)16(20)21)5-6-15(19)13(10-18)9-17(2,3)4/h9,11-12,14H,5-8H2,1-4H3,(H,20,21)/b13-9+/t11-,12?,14-/m1/s1. The van der Waals surface area contributed by atoms with Crippen molar-refractivity contribution in [1.82, 2.24) is 0 Å². The van der Waals surface area contributed by atoms with Crippen LogP contribution in [-0.4, -0.2) is 16.9 Å². The molecule has 1 aliphatic rings. The number of rotatable bonds is 5. The molecule has 0 aliphatic heterocycles. The molecular weight excluding hydrogens is 266 g/mol. The van der Waals surface area contributed by atoms with Gasteiger partial charge in [-0.3, -0.25) is 9.59 Å². The van der Waals surface area contributed by atoms with Gasteiger partial charge in [0.25, 0.3) is 0 Å². The molecule has 1 rings (SSSR count). The first-order valence-corrected chi connectivity index (χ1v) is 7.53. The van der Waals surface area contributed by atoms with Gasteiger partial charge in [0.05, 0.1) is 11.5 Å². The lowest BCUT2D eigenvalue weighted by Crippen LogP contribution is -2.15. The lowest BCUT2D eigenvalue weighted by molar-refractivity contribution is -0.142. The van der Waals surface area contributed by atoms with E-state index in [4.69, 9.17) is 10.4 Å². The van der Waals surface area contributed by atoms with Gasteiger partial charge in [-0.25, -0.2) is 0 Å². The SMILES string of the molecule is C[C@@H]1CC(CCC(=O)/C(C#N)=C/C(C)(C)C)C[C@H]1C(=O)O. The Bertz CT molecular complexity index is 479. The topological polar surface area (TPSA) is 78.2 Å². The van der Waals surface area contributed by atoms with Gasteiger partial charge in [0.2, 0.25) is 0 Å². The van der Waals surface area contributed by atoms with Crippen molar-refractivity contribution in [1.29, 1.82) is 5.26 Å². The average Bonchev–Trinajstić information content (AvgIpc) is 2.73. The molecule has 1 N–H and O–H groups in total. The molecule has 0 heterocycles. The summed E-state index contributed by atoms with van der Waals surface area (Å²) in [6.45, 7) is 7.82. The molecule has 0 spiro atoms. The van der Waals surface area contributed by atoms with Crippen LogP contribution >= 0.6 is 0 Å². The summed E-state index contributed by atoms with van der Waals surface area (Å²) in [5, 5.41) is 18.2. The van der Waals surface area contributed by atoms with Crippen LogP contribution in [0.3, 0.4) is 0 Å². The van der Waals surface area contributed by atoms with E-state index in [1.165, 1.54) is 0 Å². The Labute approximate surface area is 126 Å². The zero-order valence-corrected chi connectivity index (χ0v) is 13.3. The van der Waals surface area contributed by atoms with E-state index in [2.05, 4.69) is 0 Å². The van der Waals surface area contributed by atoms with Gasteiger partial charge in [0, 0.05) is 6.42 Å². The van der Waals surface area contributed by atoms with Gasteiger partial charge in [-0.05, 0) is 36.5 Å². The minimum Gasteiger partial charge on any atom is -0.481 e. The lowest BCUT2D eigenvalue weighted by atomic mass is 9.90. The maximum absolute atomic E-state index is 12.1. The second-order valence-electron chi connectivity index (χ2n) is 7.26. The molecule has 0 aromatic rings. The number of Topliss-reactive ketones (excluding diaryl/α,β-unsaturated/α-hetero) is 1. The summed E-state index contributed by atoms with van der Waals surface area (Å²) in [7, 11) is 0. The third-order valence-electron chi connectivity index (χ3n) is 4.07. The Morgan fingerprint density at radius 1 is 1.33 bits per heavy atom. The Morgan fingerprint density at radius 2 is 1.95 bits per heavy atom. The third-order valence-corrected chi connectivity index (χ3v) is 4.07. The first-order valence-electron chi connectivity index (χ1n) is 7.53. The number of allylic oxidation sites excluding steroid dienone is 2. The summed E-state index contributed by atoms with van der Waals surface area (Å²) < 4.78 is 0. The third kappa shape index (κ3) is 5.34. The van der Waals surface area contributed by atoms with E-state index in [1.807, 2.05) is 33.8 Å². The van der Waals surface area contributed by atoms with Gasteiger partial charge >= 0.3 is 5.97 Å². The van der Waals surface area contributed by atoms with Crippen molar-refractivity contribution in [2.75, 3.05) is 0 Å². The van der Waals surface area contributed by atoms with Crippen LogP contribution in [0.15, 0.2) is 11.6 Å². The normalized spacial score (nSPS) is 26.4. The molecule has 1 saturated carbocycles. The number of aliphatic carboxylic acids is 1. The number of carbonyl (C=O) groups is 2. The van der Waals surface area contributed by atoms with Crippen molar-refractivity contribution >= 4 is 11.8 Å². The van der Waals surface area contributed by atoms with E-state index in [-0.39, 0.29) is 34.5 Å². The van der Waals surface area contributed by atoms with Crippen molar-refractivity contribution in [3.05, 3.63) is 11.6 Å². The first kappa shape index (κ1) is 17.4. The van der Waals surface area contributed by atoms with Crippen molar-refractivity contribution in [3.63, 3.8) is 0 Å². The van der Waals surface area contributed by atoms with Gasteiger partial charge in [-0.15, -0.1) is 0 Å². The minimum atomic E-state index is -0.735. The summed E-state index contributed by atoms with van der Waals surface area (Å²) in [6.07, 6.45) is 4.23. The van der Waals surface area contributed by atoms with Crippen LogP contribution in [0.4, 0.5) is 0 Å². The molecule has 4 heteroatoms. The molecule has 3 atom stereocenters. The van der Waals surface area contributed by atoms with E-state index in [0.29, 0.717) is 19.3 Å². The van der Waals surface area contributed by atoms with Gasteiger partial charge < -0.3 is 5.11 Å². The highest BCUT2D eigenvalue weighted by Gasteiger charge is 2.35. The molecule has 4 nitrogen and oxygen atoms in total. The summed E-state index contributed by atoms with van der Waals surface area (Å²) in [4.78, 5) is 23.2. The van der Waals surface area contributed by atoms with E-state index in [1.54, 1.807) is 6.08 Å². The zero-order chi connectivity index (χ0) is 16.2. The summed E-state index contributed by atoms with van der Waals surface area (Å²) in [5.74, 6) is -0.700. The molecule has 0 amide bonds. The van der Waals surface area contributed by atoms with Gasteiger partial charge in [0.1, 0.15) is 6.07 Å². The summed E-state index contributed by atoms with van der Waals surface area (Å²) in [5.41, 5.74) is 0.0279. The highest BCUT2D eigenvalue weighted by molar-refractivity contribution is 5.99. The van der Waals surface area contributed by atoms with Crippen molar-refractivity contribution in [2.45, 2.75) is 53.4 Å². The zero-order valence-electron chi connectivity index (χ0n) is 13.3. The van der Waals surface area contributed by atoms with Gasteiger partial charge in [-0.2, -0.15) is 5.26 Å². The molecule has 0 bridgehead atoms. The van der Waals surface area contributed by atoms with Crippen molar-refractivity contribution in [2.24, 2.45) is 23.2 Å². The molecule has 116 valence electrons. The molecule has 0 saturated heterocycles. The molecule has 1 fully saturated rings. The fraction of sp³-hybridized carbons (Fsp3) is 0.706. The average molecular weight is 291 g/mol. The van der Waals surface area contributed by atoms with E-state index < -0.39 is 5.97 Å². The van der Waals surface area contributed by atoms with Crippen LogP contribution in [0.5, 0.6) is 0 Å². The molecule has 0 aromatic heterocycles. The van der Waals surface area contributed by atoms with Crippen molar-refractivity contribution < 1.29 is 14.7 Å². The Morgan fingerprint density at radius 3 is 2.38 bits per heavy atom. The first-order chi connectivity index (χ1) is 9.64. The summed E-state index contributed by atoms with van der Waals surface area (Å²) >= 11 is 0. The van der Waals surface area contributed by atoms with Crippen LogP contribution in [0, 0.1) is 34.5 Å². The van der Waals surface area contributed by atoms with Crippen LogP contribution in [0.1, 0.15) is 53.4 Å². The number of hydrogen-bond acceptors (Lipinski definition) is 3. The van der Waals surface area contributed by atoms with Crippen LogP contribution in [0.25, 0.3) is 0 Å². The second kappa shape index (κ2) is 6.89. The minimum absolute atomic E-state index is 0.126. The Kier molecular flexibility index (Phi) is 5.71. The van der Waals surface area contributed by atoms with Gasteiger partial charge in [0.15, 0.2) is 5.78 Å². The second-order valence-corrected chi connectivity index (χ2v) is 7.26. The van der Waals surface area contributed by atoms with E-state index >= 15 is 0 Å². The number of nitrogens with zero attached hydrogens (tertiary/aromatic N) is 1. The molecule has 21 heavy (non-hydrogen) atoms. The van der Waals surface area contributed by atoms with E-state index in [9.17, 15) is 9.59 Å². The predicted octanol–water partition coefficient (Wildman–Crippen LogP) is 3.58. The fourth-order valence-electron chi connectivity index (χ4n) is 3.04. The van der Waals surface area contributed by atoms with E-state index in [0.717, 1.165) is 6.42 Å². The summed E-state index contributed by atoms with van der Waals surface area (Å²) in [6, 6.07) is 1.99. The number of carboxylic acids is 1. The fourth-order valence-corrected chi connectivity index (χ4v) is 3.04. The smallest absolute Gasteiger partial charge is 0.306 e. The quantitative estimate of drug-likeness (QED) is 0.620. The highest BCUT2D eigenvalue weighted by Crippen LogP contribution is 2.38. The predicted molar refractivity (Wildman–Crippen MR) is 80.4 cm³/mol. The number of carboxylic acid groups (broad SMARTS) is 1. The van der Waals surface area contributed by atoms with Crippen LogP contribution in [-0.2, 0) is 9.59 Å². The Hall–Kier alpha value is -1.63. The van der Waals surface area contributed by atoms with Gasteiger partial charge in [-0.1, -0.05) is 33.8 Å². The number of ketones is 1. The molecule has 1 unspecified atom stereocenters. The monoisotopic (exact) mass is 291 g/mol. The van der Waals surface area contributed by atoms with Crippen LogP contribution in [0.2, 0.25) is 0 Å². The molecular formula is C17H25NO3. The van der Waals surface area contributed by atoms with Crippen molar-refractivity contribution in [3.8, 4) is 6.07 Å². The van der Waals surface area contributed by atoms with Crippen LogP contribution < -0.4 is 0 Å². The highest BCUT2D eigenvalue weighted by atomic mass is 16.4. The largest absolute Gasteiger partial charge is 0.481 e. The maximum Gasteiger partial charge on any atom is 0.306 e. The Balaban J connectivity index is 2.57. The number of nitriles is 1. The number of hydrogen-bond donors (Lipinski definition) is 1. The lowest BCUT2D eigenvalue weighted by Gasteiger charge is -2.13.